The average Bonchev–Trinajstić information content (AvgIpc) is 2.38. The summed E-state index contributed by atoms with van der Waals surface area (Å²) in [6.45, 7) is 5.00. The van der Waals surface area contributed by atoms with E-state index in [4.69, 9.17) is 5.73 Å². The molecule has 1 heterocycles. The van der Waals surface area contributed by atoms with Crippen LogP contribution >= 0.6 is 0 Å². The van der Waals surface area contributed by atoms with Gasteiger partial charge in [-0.1, -0.05) is 36.9 Å². The molecular formula is C15H20N2. The number of benzene rings is 1. The van der Waals surface area contributed by atoms with Gasteiger partial charge in [0.2, 0.25) is 0 Å². The number of nitrogens with one attached hydrogen (secondary N) is 1. The van der Waals surface area contributed by atoms with Gasteiger partial charge < -0.3 is 11.1 Å². The molecule has 0 spiro atoms. The fourth-order valence-electron chi connectivity index (χ4n) is 2.13. The summed E-state index contributed by atoms with van der Waals surface area (Å²) < 4.78 is 0. The van der Waals surface area contributed by atoms with E-state index >= 15 is 0 Å². The van der Waals surface area contributed by atoms with Crippen molar-refractivity contribution in [2.24, 2.45) is 5.73 Å². The van der Waals surface area contributed by atoms with Crippen LogP contribution in [0.15, 0.2) is 35.6 Å². The molecule has 1 aliphatic rings. The smallest absolute Gasteiger partial charge is 0.0849 e. The minimum atomic E-state index is 0.496. The second-order valence-electron chi connectivity index (χ2n) is 4.61. The molecule has 17 heavy (non-hydrogen) atoms. The molecule has 1 aromatic rings. The second-order valence-corrected chi connectivity index (χ2v) is 4.61. The molecule has 0 saturated carbocycles. The monoisotopic (exact) mass is 228 g/mol. The summed E-state index contributed by atoms with van der Waals surface area (Å²) in [5.41, 5.74) is 14.0. The maximum absolute atomic E-state index is 5.60. The van der Waals surface area contributed by atoms with E-state index in [1.807, 2.05) is 0 Å². The first-order chi connectivity index (χ1) is 8.22. The molecule has 1 aliphatic heterocycles. The van der Waals surface area contributed by atoms with E-state index in [0.29, 0.717) is 12.6 Å². The second kappa shape index (κ2) is 5.22. The van der Waals surface area contributed by atoms with E-state index < -0.39 is 0 Å². The fourth-order valence-corrected chi connectivity index (χ4v) is 2.13. The van der Waals surface area contributed by atoms with Crippen LogP contribution in [0.5, 0.6) is 0 Å². The number of hydrogen-bond acceptors (Lipinski definition) is 2. The Balaban J connectivity index is 2.34. The normalized spacial score (nSPS) is 19.4. The summed E-state index contributed by atoms with van der Waals surface area (Å²) in [6, 6.07) is 8.88. The number of hydrogen-bond donors (Lipinski definition) is 2. The van der Waals surface area contributed by atoms with E-state index in [-0.39, 0.29) is 0 Å². The van der Waals surface area contributed by atoms with Crippen molar-refractivity contribution >= 4 is 5.70 Å². The Morgan fingerprint density at radius 1 is 1.35 bits per heavy atom. The fraction of sp³-hybridized carbons (Fsp3) is 0.400. The zero-order valence-electron chi connectivity index (χ0n) is 10.6. The van der Waals surface area contributed by atoms with Crippen LogP contribution < -0.4 is 11.1 Å². The van der Waals surface area contributed by atoms with Crippen molar-refractivity contribution in [3.8, 4) is 0 Å². The Kier molecular flexibility index (Phi) is 3.68. The van der Waals surface area contributed by atoms with Crippen LogP contribution in [0.2, 0.25) is 0 Å². The summed E-state index contributed by atoms with van der Waals surface area (Å²) in [6.07, 6.45) is 2.18. The first kappa shape index (κ1) is 12.0. The van der Waals surface area contributed by atoms with Crippen LogP contribution in [0.25, 0.3) is 5.70 Å². The van der Waals surface area contributed by atoms with Crippen LogP contribution in [0, 0.1) is 0 Å². The van der Waals surface area contributed by atoms with E-state index in [1.165, 1.54) is 11.1 Å². The third-order valence-corrected chi connectivity index (χ3v) is 3.15. The summed E-state index contributed by atoms with van der Waals surface area (Å²) in [5, 5.41) is 3.49. The van der Waals surface area contributed by atoms with Crippen LogP contribution in [0.4, 0.5) is 0 Å². The number of rotatable bonds is 3. The third-order valence-electron chi connectivity index (χ3n) is 3.15. The van der Waals surface area contributed by atoms with Crippen molar-refractivity contribution in [1.82, 2.24) is 5.32 Å². The lowest BCUT2D eigenvalue weighted by Crippen LogP contribution is -2.27. The zero-order chi connectivity index (χ0) is 12.3. The third kappa shape index (κ3) is 2.79. The van der Waals surface area contributed by atoms with Crippen LogP contribution in [-0.2, 0) is 6.54 Å². The summed E-state index contributed by atoms with van der Waals surface area (Å²) in [7, 11) is 0. The Bertz CT molecular complexity index is 450. The predicted octanol–water partition coefficient (Wildman–Crippen LogP) is 2.80. The standard InChI is InChI=1S/C15H20N2/c1-3-12-8-11(2)17-15(9-12)14-6-4-13(10-16)5-7-14/h4-7,11,17H,3,8,10,16H2,1-2H3. The highest BCUT2D eigenvalue weighted by molar-refractivity contribution is 5.65. The van der Waals surface area contributed by atoms with Crippen molar-refractivity contribution in [1.29, 1.82) is 0 Å². The summed E-state index contributed by atoms with van der Waals surface area (Å²) >= 11 is 0. The SMILES string of the molecule is CCC1=C=C(c2ccc(CN)cc2)NC(C)C1. The first-order valence-electron chi connectivity index (χ1n) is 6.27. The lowest BCUT2D eigenvalue weighted by atomic mass is 9.99. The van der Waals surface area contributed by atoms with E-state index in [0.717, 1.165) is 24.1 Å². The molecule has 90 valence electrons. The van der Waals surface area contributed by atoms with Crippen molar-refractivity contribution in [3.63, 3.8) is 0 Å². The highest BCUT2D eigenvalue weighted by Crippen LogP contribution is 2.20. The molecule has 0 saturated heterocycles. The Morgan fingerprint density at radius 3 is 2.65 bits per heavy atom. The molecular weight excluding hydrogens is 208 g/mol. The quantitative estimate of drug-likeness (QED) is 0.781. The molecule has 1 unspecified atom stereocenters. The highest BCUT2D eigenvalue weighted by Gasteiger charge is 2.12. The van der Waals surface area contributed by atoms with Gasteiger partial charge in [0.1, 0.15) is 0 Å². The van der Waals surface area contributed by atoms with Gasteiger partial charge in [0.05, 0.1) is 5.70 Å². The summed E-state index contributed by atoms with van der Waals surface area (Å²) in [5.74, 6) is 0. The van der Waals surface area contributed by atoms with Crippen molar-refractivity contribution in [2.75, 3.05) is 0 Å². The van der Waals surface area contributed by atoms with Gasteiger partial charge in [0.25, 0.3) is 0 Å². The average molecular weight is 228 g/mol. The van der Waals surface area contributed by atoms with Crippen molar-refractivity contribution in [2.45, 2.75) is 39.3 Å². The molecule has 3 N–H and O–H groups in total. The predicted molar refractivity (Wildman–Crippen MR) is 72.3 cm³/mol. The van der Waals surface area contributed by atoms with Gasteiger partial charge in [0.15, 0.2) is 0 Å². The molecule has 1 atom stereocenters. The van der Waals surface area contributed by atoms with Crippen LogP contribution in [0.3, 0.4) is 0 Å². The molecule has 0 aliphatic carbocycles. The molecule has 2 nitrogen and oxygen atoms in total. The lowest BCUT2D eigenvalue weighted by molar-refractivity contribution is 0.622. The van der Waals surface area contributed by atoms with Crippen molar-refractivity contribution in [3.05, 3.63) is 46.7 Å². The molecule has 0 bridgehead atoms. The molecule has 0 amide bonds. The van der Waals surface area contributed by atoms with Crippen LogP contribution in [0.1, 0.15) is 37.8 Å². The van der Waals surface area contributed by atoms with Gasteiger partial charge in [-0.3, -0.25) is 0 Å². The first-order valence-corrected chi connectivity index (χ1v) is 6.27. The van der Waals surface area contributed by atoms with E-state index in [2.05, 4.69) is 49.2 Å². The van der Waals surface area contributed by atoms with Gasteiger partial charge >= 0.3 is 0 Å². The molecule has 1 aromatic carbocycles. The highest BCUT2D eigenvalue weighted by atomic mass is 14.9. The van der Waals surface area contributed by atoms with Gasteiger partial charge in [-0.05, 0) is 30.9 Å². The van der Waals surface area contributed by atoms with E-state index in [9.17, 15) is 0 Å². The minimum absolute atomic E-state index is 0.496. The topological polar surface area (TPSA) is 38.0 Å². The molecule has 2 heteroatoms. The Morgan fingerprint density at radius 2 is 2.06 bits per heavy atom. The van der Waals surface area contributed by atoms with Crippen LogP contribution in [-0.4, -0.2) is 6.04 Å². The van der Waals surface area contributed by atoms with Gasteiger partial charge in [0, 0.05) is 18.2 Å². The largest absolute Gasteiger partial charge is 0.375 e. The Hall–Kier alpha value is -1.50. The van der Waals surface area contributed by atoms with Gasteiger partial charge in [-0.25, -0.2) is 0 Å². The number of nitrogens with two attached hydrogens (primary N) is 1. The van der Waals surface area contributed by atoms with Gasteiger partial charge in [-0.15, -0.1) is 0 Å². The summed E-state index contributed by atoms with van der Waals surface area (Å²) in [4.78, 5) is 0. The zero-order valence-corrected chi connectivity index (χ0v) is 10.6. The lowest BCUT2D eigenvalue weighted by Gasteiger charge is -2.22. The minimum Gasteiger partial charge on any atom is -0.375 e. The Labute approximate surface area is 103 Å². The maximum Gasteiger partial charge on any atom is 0.0849 e. The molecule has 0 aromatic heterocycles. The maximum atomic E-state index is 5.60. The van der Waals surface area contributed by atoms with Gasteiger partial charge in [-0.2, -0.15) is 0 Å². The van der Waals surface area contributed by atoms with E-state index in [1.54, 1.807) is 0 Å². The molecule has 2 rings (SSSR count). The molecule has 0 fully saturated rings. The van der Waals surface area contributed by atoms with Crippen molar-refractivity contribution < 1.29 is 0 Å². The molecule has 0 radical (unpaired) electrons.